The fraction of sp³-hybridized carbons (Fsp3) is 0.611. The first-order valence-electron chi connectivity index (χ1n) is 9.02. The number of likely N-dealkylation sites (tertiary alicyclic amines) is 1. The van der Waals surface area contributed by atoms with Crippen LogP contribution in [0.15, 0.2) is 6.07 Å². The van der Waals surface area contributed by atoms with E-state index in [0.717, 1.165) is 33.6 Å². The first-order valence-corrected chi connectivity index (χ1v) is 9.84. The quantitative estimate of drug-likeness (QED) is 0.887. The summed E-state index contributed by atoms with van der Waals surface area (Å²) < 4.78 is 7.53. The second kappa shape index (κ2) is 6.66. The molecule has 0 spiro atoms. The average molecular weight is 377 g/mol. The third-order valence-electron chi connectivity index (χ3n) is 5.65. The summed E-state index contributed by atoms with van der Waals surface area (Å²) >= 11 is 1.48. The van der Waals surface area contributed by atoms with Gasteiger partial charge >= 0.3 is 5.97 Å². The van der Waals surface area contributed by atoms with Crippen molar-refractivity contribution in [3.63, 3.8) is 0 Å². The number of amides is 1. The van der Waals surface area contributed by atoms with Crippen molar-refractivity contribution in [1.82, 2.24) is 14.7 Å². The molecule has 8 heteroatoms. The molecule has 2 aromatic heterocycles. The molecular weight excluding hydrogens is 354 g/mol. The minimum Gasteiger partial charge on any atom is -0.481 e. The van der Waals surface area contributed by atoms with Gasteiger partial charge in [-0.15, -0.1) is 11.3 Å². The molecule has 1 N–H and O–H groups in total. The molecule has 140 valence electrons. The number of carbonyl (C=O) groups excluding carboxylic acids is 1. The molecule has 2 atom stereocenters. The molecule has 2 aliphatic heterocycles. The van der Waals surface area contributed by atoms with Crippen LogP contribution in [0.5, 0.6) is 0 Å². The Morgan fingerprint density at radius 3 is 2.69 bits per heavy atom. The number of rotatable bonds is 3. The van der Waals surface area contributed by atoms with Gasteiger partial charge in [0.2, 0.25) is 0 Å². The summed E-state index contributed by atoms with van der Waals surface area (Å²) in [5, 5.41) is 14.8. The Labute approximate surface area is 155 Å². The fourth-order valence-corrected chi connectivity index (χ4v) is 5.33. The maximum Gasteiger partial charge on any atom is 0.309 e. The van der Waals surface area contributed by atoms with Crippen LogP contribution in [0.1, 0.15) is 34.6 Å². The molecule has 0 bridgehead atoms. The maximum atomic E-state index is 12.9. The molecule has 0 aliphatic carbocycles. The lowest BCUT2D eigenvalue weighted by Gasteiger charge is -2.35. The average Bonchev–Trinajstić information content (AvgIpc) is 3.33. The highest BCUT2D eigenvalue weighted by Gasteiger charge is 2.41. The number of ether oxygens (including phenoxy) is 1. The Kier molecular flexibility index (Phi) is 4.48. The number of thiophene rings is 1. The van der Waals surface area contributed by atoms with Gasteiger partial charge in [0.1, 0.15) is 4.83 Å². The molecule has 1 amide bonds. The second-order valence-corrected chi connectivity index (χ2v) is 8.27. The van der Waals surface area contributed by atoms with E-state index in [1.165, 1.54) is 11.3 Å². The van der Waals surface area contributed by atoms with Crippen LogP contribution >= 0.6 is 11.3 Å². The van der Waals surface area contributed by atoms with E-state index in [0.29, 0.717) is 26.1 Å². The molecule has 26 heavy (non-hydrogen) atoms. The standard InChI is InChI=1S/C18H23N3O4S/c1-10-13-9-14(26-17(13)20(2)19-10)16(22)21-6-3-11(4-7-21)15-12(18(23)24)5-8-25-15/h9,11-12,15H,3-8H2,1-2H3,(H,23,24)/t12?,15-/m0/s1. The molecule has 1 unspecified atom stereocenters. The van der Waals surface area contributed by atoms with Crippen molar-refractivity contribution in [3.8, 4) is 0 Å². The molecule has 0 saturated carbocycles. The molecule has 7 nitrogen and oxygen atoms in total. The van der Waals surface area contributed by atoms with Gasteiger partial charge in [-0.25, -0.2) is 0 Å². The predicted octanol–water partition coefficient (Wildman–Crippen LogP) is 2.29. The molecule has 2 saturated heterocycles. The first kappa shape index (κ1) is 17.5. The first-order chi connectivity index (χ1) is 12.5. The van der Waals surface area contributed by atoms with Gasteiger partial charge in [-0.05, 0) is 38.2 Å². The van der Waals surface area contributed by atoms with E-state index in [1.54, 1.807) is 0 Å². The molecule has 0 radical (unpaired) electrons. The van der Waals surface area contributed by atoms with Crippen molar-refractivity contribution in [2.24, 2.45) is 18.9 Å². The van der Waals surface area contributed by atoms with Crippen molar-refractivity contribution in [3.05, 3.63) is 16.6 Å². The number of hydrogen-bond acceptors (Lipinski definition) is 5. The Hall–Kier alpha value is -1.93. The largest absolute Gasteiger partial charge is 0.481 e. The number of carboxylic acid groups (broad SMARTS) is 1. The van der Waals surface area contributed by atoms with E-state index in [2.05, 4.69) is 5.10 Å². The number of nitrogens with zero attached hydrogens (tertiary/aromatic N) is 3. The molecule has 4 heterocycles. The van der Waals surface area contributed by atoms with Gasteiger partial charge in [0.25, 0.3) is 5.91 Å². The minimum atomic E-state index is -0.764. The number of fused-ring (bicyclic) bond motifs is 1. The SMILES string of the molecule is Cc1nn(C)c2sc(C(=O)N3CCC([C@@H]4OCCC4C(=O)O)CC3)cc12. The zero-order valence-corrected chi connectivity index (χ0v) is 15.8. The minimum absolute atomic E-state index is 0.0613. The van der Waals surface area contributed by atoms with Gasteiger partial charge in [0, 0.05) is 32.1 Å². The number of piperidine rings is 1. The highest BCUT2D eigenvalue weighted by Crippen LogP contribution is 2.34. The Balaban J connectivity index is 1.43. The number of aromatic nitrogens is 2. The second-order valence-electron chi connectivity index (χ2n) is 7.24. The lowest BCUT2D eigenvalue weighted by Crippen LogP contribution is -2.43. The summed E-state index contributed by atoms with van der Waals surface area (Å²) in [5.41, 5.74) is 0.939. The van der Waals surface area contributed by atoms with E-state index in [-0.39, 0.29) is 17.9 Å². The summed E-state index contributed by atoms with van der Waals surface area (Å²) in [7, 11) is 1.89. The van der Waals surface area contributed by atoms with Crippen LogP contribution in [-0.2, 0) is 16.6 Å². The predicted molar refractivity (Wildman–Crippen MR) is 97.4 cm³/mol. The topological polar surface area (TPSA) is 84.7 Å². The summed E-state index contributed by atoms with van der Waals surface area (Å²) in [4.78, 5) is 27.9. The van der Waals surface area contributed by atoms with Gasteiger partial charge in [0.15, 0.2) is 0 Å². The van der Waals surface area contributed by atoms with Crippen LogP contribution in [0.4, 0.5) is 0 Å². The summed E-state index contributed by atoms with van der Waals surface area (Å²) in [6, 6.07) is 1.94. The summed E-state index contributed by atoms with van der Waals surface area (Å²) in [5.74, 6) is -0.886. The monoisotopic (exact) mass is 377 g/mol. The Morgan fingerprint density at radius 2 is 2.04 bits per heavy atom. The molecule has 2 aliphatic rings. The van der Waals surface area contributed by atoms with E-state index in [1.807, 2.05) is 29.6 Å². The lowest BCUT2D eigenvalue weighted by atomic mass is 9.84. The lowest BCUT2D eigenvalue weighted by molar-refractivity contribution is -0.145. The van der Waals surface area contributed by atoms with E-state index in [9.17, 15) is 14.7 Å². The van der Waals surface area contributed by atoms with Gasteiger partial charge < -0.3 is 14.7 Å². The van der Waals surface area contributed by atoms with Crippen molar-refractivity contribution in [2.45, 2.75) is 32.3 Å². The number of aryl methyl sites for hydroxylation is 2. The Morgan fingerprint density at radius 1 is 1.31 bits per heavy atom. The van der Waals surface area contributed by atoms with Crippen molar-refractivity contribution >= 4 is 33.4 Å². The summed E-state index contributed by atoms with van der Waals surface area (Å²) in [6.45, 7) is 3.79. The number of carboxylic acids is 1. The van der Waals surface area contributed by atoms with Crippen molar-refractivity contribution in [2.75, 3.05) is 19.7 Å². The van der Waals surface area contributed by atoms with Crippen LogP contribution in [0.25, 0.3) is 10.2 Å². The van der Waals surface area contributed by atoms with E-state index in [4.69, 9.17) is 4.74 Å². The third-order valence-corrected chi connectivity index (χ3v) is 6.84. The van der Waals surface area contributed by atoms with Gasteiger partial charge in [-0.1, -0.05) is 0 Å². The van der Waals surface area contributed by atoms with Gasteiger partial charge in [-0.3, -0.25) is 14.3 Å². The highest BCUT2D eigenvalue weighted by molar-refractivity contribution is 7.20. The molecule has 2 aromatic rings. The Bertz CT molecular complexity index is 816. The zero-order valence-electron chi connectivity index (χ0n) is 15.0. The summed E-state index contributed by atoms with van der Waals surface area (Å²) in [6.07, 6.45) is 1.98. The van der Waals surface area contributed by atoms with Crippen molar-refractivity contribution < 1.29 is 19.4 Å². The highest BCUT2D eigenvalue weighted by atomic mass is 32.1. The smallest absolute Gasteiger partial charge is 0.309 e. The van der Waals surface area contributed by atoms with E-state index < -0.39 is 11.9 Å². The van der Waals surface area contributed by atoms with Crippen LogP contribution in [0.3, 0.4) is 0 Å². The molecule has 2 fully saturated rings. The van der Waals surface area contributed by atoms with Crippen LogP contribution < -0.4 is 0 Å². The fourth-order valence-electron chi connectivity index (χ4n) is 4.24. The number of hydrogen-bond donors (Lipinski definition) is 1. The van der Waals surface area contributed by atoms with Crippen LogP contribution in [-0.4, -0.2) is 57.5 Å². The number of aliphatic carboxylic acids is 1. The number of carbonyl (C=O) groups is 2. The van der Waals surface area contributed by atoms with Gasteiger partial charge in [-0.2, -0.15) is 5.10 Å². The van der Waals surface area contributed by atoms with Gasteiger partial charge in [0.05, 0.1) is 22.6 Å². The zero-order chi connectivity index (χ0) is 18.4. The molecular formula is C18H23N3O4S. The van der Waals surface area contributed by atoms with E-state index >= 15 is 0 Å². The van der Waals surface area contributed by atoms with Crippen LogP contribution in [0, 0.1) is 18.8 Å². The third kappa shape index (κ3) is 2.91. The molecule has 0 aromatic carbocycles. The van der Waals surface area contributed by atoms with Crippen molar-refractivity contribution in [1.29, 1.82) is 0 Å². The molecule has 4 rings (SSSR count). The normalized spacial score (nSPS) is 24.5. The maximum absolute atomic E-state index is 12.9. The van der Waals surface area contributed by atoms with Crippen LogP contribution in [0.2, 0.25) is 0 Å².